The molecule has 0 aromatic heterocycles. The summed E-state index contributed by atoms with van der Waals surface area (Å²) < 4.78 is 17.3. The van der Waals surface area contributed by atoms with E-state index in [4.69, 9.17) is 14.2 Å². The number of nitrogens with one attached hydrogen (secondary N) is 1. The Morgan fingerprint density at radius 2 is 1.77 bits per heavy atom. The number of allylic oxidation sites excluding steroid dienone is 3. The molecule has 2 aliphatic carbocycles. The summed E-state index contributed by atoms with van der Waals surface area (Å²) in [6, 6.07) is 14.1. The lowest BCUT2D eigenvalue weighted by Crippen LogP contribution is -2.43. The third-order valence-electron chi connectivity index (χ3n) is 10.1. The zero-order chi connectivity index (χ0) is 33.2. The highest BCUT2D eigenvalue weighted by molar-refractivity contribution is 6.07. The quantitative estimate of drug-likeness (QED) is 0.323. The number of hydrogen-bond donors (Lipinski definition) is 1. The molecule has 6 rings (SSSR count). The lowest BCUT2D eigenvalue weighted by Gasteiger charge is -2.39. The molecule has 47 heavy (non-hydrogen) atoms. The normalized spacial score (nSPS) is 23.2. The number of carbonyl (C=O) groups excluding carboxylic acids is 2. The van der Waals surface area contributed by atoms with E-state index < -0.39 is 6.04 Å². The van der Waals surface area contributed by atoms with E-state index in [1.54, 1.807) is 14.2 Å². The van der Waals surface area contributed by atoms with E-state index in [-0.39, 0.29) is 41.7 Å². The monoisotopic (exact) mass is 639 g/mol. The Kier molecular flexibility index (Phi) is 9.90. The minimum absolute atomic E-state index is 0.0110. The van der Waals surface area contributed by atoms with Gasteiger partial charge >= 0.3 is 0 Å². The number of methoxy groups -OCH3 is 2. The number of amides is 1. The van der Waals surface area contributed by atoms with Gasteiger partial charge < -0.3 is 24.4 Å². The molecule has 1 fully saturated rings. The first kappa shape index (κ1) is 33.0. The molecule has 0 radical (unpaired) electrons. The van der Waals surface area contributed by atoms with Gasteiger partial charge in [0.1, 0.15) is 5.75 Å². The summed E-state index contributed by atoms with van der Waals surface area (Å²) in [6.45, 7) is 9.83. The van der Waals surface area contributed by atoms with Crippen LogP contribution in [0.3, 0.4) is 0 Å². The highest BCUT2D eigenvalue weighted by Crippen LogP contribution is 2.50. The average molecular weight is 640 g/mol. The molecular weight excluding hydrogens is 590 g/mol. The van der Waals surface area contributed by atoms with Crippen LogP contribution in [0.1, 0.15) is 71.4 Å². The molecular formula is C39H49N3O5. The standard InChI is InChI=1S/C39H49N3O5/c1-24(2)41(25(3)4)29-13-16-31(36(23-29)46-6)38-37-33(21-28(22-35(37)43)26-11-14-30(45-5)15-12-26)40-32-9-7-8-10-34(32)42(38)39(44)27-17-19-47-20-18-27/h7-14,16,23-25,27-28,30,38,40H,15,17-22H2,1-6H3. The van der Waals surface area contributed by atoms with E-state index in [1.807, 2.05) is 29.2 Å². The van der Waals surface area contributed by atoms with Gasteiger partial charge in [0.25, 0.3) is 0 Å². The number of ether oxygens (including phenoxy) is 3. The number of para-hydroxylation sites is 2. The van der Waals surface area contributed by atoms with Crippen LogP contribution in [0.15, 0.2) is 77.5 Å². The van der Waals surface area contributed by atoms with Crippen molar-refractivity contribution >= 4 is 28.8 Å². The molecule has 2 aromatic rings. The maximum Gasteiger partial charge on any atom is 0.231 e. The first-order chi connectivity index (χ1) is 22.7. The van der Waals surface area contributed by atoms with Crippen molar-refractivity contribution in [2.75, 3.05) is 42.5 Å². The maximum atomic E-state index is 14.8. The van der Waals surface area contributed by atoms with Crippen LogP contribution in [-0.2, 0) is 19.1 Å². The maximum absolute atomic E-state index is 14.8. The molecule has 3 atom stereocenters. The fraction of sp³-hybridized carbons (Fsp3) is 0.487. The number of anilines is 3. The van der Waals surface area contributed by atoms with Gasteiger partial charge in [0.2, 0.25) is 5.91 Å². The molecule has 0 saturated carbocycles. The topological polar surface area (TPSA) is 80.3 Å². The van der Waals surface area contributed by atoms with Gasteiger partial charge in [0.05, 0.1) is 30.6 Å². The average Bonchev–Trinajstić information content (AvgIpc) is 3.22. The molecule has 8 nitrogen and oxygen atoms in total. The summed E-state index contributed by atoms with van der Waals surface area (Å²) in [5.41, 5.74) is 6.11. The summed E-state index contributed by atoms with van der Waals surface area (Å²) in [5.74, 6) is 0.543. The number of nitrogens with zero attached hydrogens (tertiary/aromatic N) is 2. The van der Waals surface area contributed by atoms with Crippen molar-refractivity contribution in [1.82, 2.24) is 0 Å². The van der Waals surface area contributed by atoms with E-state index in [1.165, 1.54) is 0 Å². The Morgan fingerprint density at radius 1 is 1.02 bits per heavy atom. The molecule has 0 bridgehead atoms. The van der Waals surface area contributed by atoms with Crippen LogP contribution in [0, 0.1) is 11.8 Å². The number of carbonyl (C=O) groups is 2. The van der Waals surface area contributed by atoms with Crippen molar-refractivity contribution in [3.05, 3.63) is 83.1 Å². The summed E-state index contributed by atoms with van der Waals surface area (Å²) >= 11 is 0. The van der Waals surface area contributed by atoms with Gasteiger partial charge in [-0.05, 0) is 83.1 Å². The predicted molar refractivity (Wildman–Crippen MR) is 187 cm³/mol. The summed E-state index contributed by atoms with van der Waals surface area (Å²) in [6.07, 6.45) is 9.58. The molecule has 2 aliphatic heterocycles. The van der Waals surface area contributed by atoms with E-state index >= 15 is 0 Å². The number of ketones is 1. The fourth-order valence-corrected chi connectivity index (χ4v) is 7.88. The van der Waals surface area contributed by atoms with Gasteiger partial charge in [0, 0.05) is 73.3 Å². The van der Waals surface area contributed by atoms with Gasteiger partial charge in [-0.3, -0.25) is 14.5 Å². The molecule has 1 saturated heterocycles. The largest absolute Gasteiger partial charge is 0.496 e. The number of rotatable bonds is 8. The molecule has 3 unspecified atom stereocenters. The van der Waals surface area contributed by atoms with Crippen LogP contribution in [0.4, 0.5) is 17.1 Å². The Balaban J connectivity index is 1.53. The van der Waals surface area contributed by atoms with E-state index in [0.717, 1.165) is 40.3 Å². The minimum atomic E-state index is -0.658. The van der Waals surface area contributed by atoms with Crippen LogP contribution in [0.25, 0.3) is 0 Å². The van der Waals surface area contributed by atoms with Crippen molar-refractivity contribution in [3.63, 3.8) is 0 Å². The van der Waals surface area contributed by atoms with E-state index in [0.29, 0.717) is 50.2 Å². The first-order valence-corrected chi connectivity index (χ1v) is 17.1. The van der Waals surface area contributed by atoms with Gasteiger partial charge in [0.15, 0.2) is 5.78 Å². The molecule has 4 aliphatic rings. The molecule has 250 valence electrons. The van der Waals surface area contributed by atoms with Crippen LogP contribution < -0.4 is 19.9 Å². The van der Waals surface area contributed by atoms with Gasteiger partial charge in [-0.1, -0.05) is 36.4 Å². The fourth-order valence-electron chi connectivity index (χ4n) is 7.88. The number of fused-ring (bicyclic) bond motifs is 1. The second-order valence-corrected chi connectivity index (χ2v) is 13.7. The first-order valence-electron chi connectivity index (χ1n) is 17.1. The zero-order valence-corrected chi connectivity index (χ0v) is 28.6. The van der Waals surface area contributed by atoms with Crippen molar-refractivity contribution in [2.24, 2.45) is 11.8 Å². The third kappa shape index (κ3) is 6.50. The highest BCUT2D eigenvalue weighted by atomic mass is 16.5. The van der Waals surface area contributed by atoms with Crippen LogP contribution >= 0.6 is 0 Å². The molecule has 0 spiro atoms. The van der Waals surface area contributed by atoms with Crippen LogP contribution in [0.5, 0.6) is 5.75 Å². The Morgan fingerprint density at radius 3 is 2.43 bits per heavy atom. The predicted octanol–water partition coefficient (Wildman–Crippen LogP) is 7.38. The highest BCUT2D eigenvalue weighted by Gasteiger charge is 2.44. The number of Topliss-reactive ketones (excluding diaryl/α,β-unsaturated/α-hetero) is 1. The second-order valence-electron chi connectivity index (χ2n) is 13.7. The summed E-state index contributed by atoms with van der Waals surface area (Å²) in [4.78, 5) is 33.6. The molecule has 2 aromatic carbocycles. The Bertz CT molecular complexity index is 1580. The third-order valence-corrected chi connectivity index (χ3v) is 10.1. The second kappa shape index (κ2) is 14.1. The minimum Gasteiger partial charge on any atom is -0.496 e. The number of benzene rings is 2. The van der Waals surface area contributed by atoms with E-state index in [9.17, 15) is 9.59 Å². The van der Waals surface area contributed by atoms with Gasteiger partial charge in [-0.2, -0.15) is 0 Å². The molecule has 1 amide bonds. The number of hydrogen-bond acceptors (Lipinski definition) is 7. The molecule has 8 heteroatoms. The SMILES string of the molecule is COc1cc(N(C(C)C)C(C)C)ccc1C1C2=C(CC(C3=CCC(OC)C=C3)CC2=O)Nc2ccccc2N1C(=O)C1CCOCC1. The summed E-state index contributed by atoms with van der Waals surface area (Å²) in [5, 5.41) is 3.68. The van der Waals surface area contributed by atoms with Gasteiger partial charge in [-0.15, -0.1) is 0 Å². The van der Waals surface area contributed by atoms with Crippen molar-refractivity contribution in [2.45, 2.75) is 84.0 Å². The lowest BCUT2D eigenvalue weighted by molar-refractivity contribution is -0.125. The van der Waals surface area contributed by atoms with Gasteiger partial charge in [-0.25, -0.2) is 0 Å². The smallest absolute Gasteiger partial charge is 0.231 e. The zero-order valence-electron chi connectivity index (χ0n) is 28.6. The summed E-state index contributed by atoms with van der Waals surface area (Å²) in [7, 11) is 3.40. The molecule has 1 N–H and O–H groups in total. The lowest BCUT2D eigenvalue weighted by atomic mass is 9.76. The molecule has 2 heterocycles. The van der Waals surface area contributed by atoms with Crippen molar-refractivity contribution in [3.8, 4) is 5.75 Å². The van der Waals surface area contributed by atoms with Crippen LogP contribution in [0.2, 0.25) is 0 Å². The van der Waals surface area contributed by atoms with Crippen LogP contribution in [-0.4, -0.2) is 57.3 Å². The Labute approximate surface area is 279 Å². The van der Waals surface area contributed by atoms with E-state index in [2.05, 4.69) is 74.3 Å². The van der Waals surface area contributed by atoms with Crippen molar-refractivity contribution < 1.29 is 23.8 Å². The van der Waals surface area contributed by atoms with Crippen molar-refractivity contribution in [1.29, 1.82) is 0 Å². The Hall–Kier alpha value is -3.88.